The molecule has 1 N–H and O–H groups in total. The van der Waals surface area contributed by atoms with Crippen molar-refractivity contribution in [3.8, 4) is 11.6 Å². The maximum atomic E-state index is 13.5. The van der Waals surface area contributed by atoms with Gasteiger partial charge in [0, 0.05) is 24.9 Å². The van der Waals surface area contributed by atoms with Crippen LogP contribution in [0.4, 0.5) is 18.9 Å². The number of pyridine rings is 1. The molecule has 1 aromatic carbocycles. The van der Waals surface area contributed by atoms with Gasteiger partial charge in [0.2, 0.25) is 5.88 Å². The summed E-state index contributed by atoms with van der Waals surface area (Å²) in [6.45, 7) is 2.90. The van der Waals surface area contributed by atoms with Gasteiger partial charge in [0.25, 0.3) is 5.91 Å². The van der Waals surface area contributed by atoms with Gasteiger partial charge in [-0.1, -0.05) is 6.07 Å². The van der Waals surface area contributed by atoms with Crippen LogP contribution in [0.3, 0.4) is 0 Å². The van der Waals surface area contributed by atoms with Gasteiger partial charge in [-0.15, -0.1) is 0 Å². The number of carbonyl (C=O) groups is 1. The maximum Gasteiger partial charge on any atom is 0.417 e. The number of benzene rings is 1. The minimum atomic E-state index is -4.63. The molecule has 2 heterocycles. The number of amides is 1. The summed E-state index contributed by atoms with van der Waals surface area (Å²) in [5, 5.41) is 6.53. The Bertz CT molecular complexity index is 1060. The van der Waals surface area contributed by atoms with E-state index in [1.165, 1.54) is 32.7 Å². The normalized spacial score (nSPS) is 12.7. The average Bonchev–Trinajstić information content (AvgIpc) is 2.94. The second-order valence-corrected chi connectivity index (χ2v) is 6.39. The summed E-state index contributed by atoms with van der Waals surface area (Å²) in [4.78, 5) is 16.5. The van der Waals surface area contributed by atoms with Crippen molar-refractivity contribution < 1.29 is 27.4 Å². The van der Waals surface area contributed by atoms with Crippen molar-refractivity contribution in [2.45, 2.75) is 26.1 Å². The Kier molecular flexibility index (Phi) is 5.36. The third kappa shape index (κ3) is 4.25. The number of anilines is 1. The first-order chi connectivity index (χ1) is 13.6. The van der Waals surface area contributed by atoms with E-state index < -0.39 is 23.8 Å². The van der Waals surface area contributed by atoms with Crippen molar-refractivity contribution in [1.82, 2.24) is 14.8 Å². The molecule has 0 aliphatic heterocycles. The van der Waals surface area contributed by atoms with E-state index in [-0.39, 0.29) is 22.6 Å². The Labute approximate surface area is 164 Å². The highest BCUT2D eigenvalue weighted by molar-refractivity contribution is 5.94. The van der Waals surface area contributed by atoms with Gasteiger partial charge in [-0.05, 0) is 26.0 Å². The second kappa shape index (κ2) is 7.61. The highest BCUT2D eigenvalue weighted by Crippen LogP contribution is 2.37. The van der Waals surface area contributed by atoms with E-state index in [9.17, 15) is 18.0 Å². The largest absolute Gasteiger partial charge is 0.497 e. The third-order valence-corrected chi connectivity index (χ3v) is 4.25. The van der Waals surface area contributed by atoms with Crippen LogP contribution in [0, 0.1) is 6.92 Å². The number of nitrogens with zero attached hydrogens (tertiary/aromatic N) is 3. The number of rotatable bonds is 5. The molecule has 3 rings (SSSR count). The molecule has 7 nitrogen and oxygen atoms in total. The fourth-order valence-corrected chi connectivity index (χ4v) is 2.89. The van der Waals surface area contributed by atoms with Gasteiger partial charge in [0.1, 0.15) is 5.75 Å². The van der Waals surface area contributed by atoms with Crippen molar-refractivity contribution in [3.05, 3.63) is 41.6 Å². The molecule has 0 aliphatic rings. The predicted octanol–water partition coefficient (Wildman–Crippen LogP) is 3.71. The zero-order valence-corrected chi connectivity index (χ0v) is 16.2. The first-order valence-corrected chi connectivity index (χ1v) is 8.63. The van der Waals surface area contributed by atoms with Crippen molar-refractivity contribution in [2.75, 3.05) is 12.4 Å². The number of hydrogen-bond donors (Lipinski definition) is 1. The fraction of sp³-hybridized carbons (Fsp3) is 0.316. The van der Waals surface area contributed by atoms with Crippen LogP contribution in [0.25, 0.3) is 11.0 Å². The monoisotopic (exact) mass is 408 g/mol. The van der Waals surface area contributed by atoms with Gasteiger partial charge in [-0.2, -0.15) is 23.3 Å². The lowest BCUT2D eigenvalue weighted by Crippen LogP contribution is -2.30. The Morgan fingerprint density at radius 1 is 1.28 bits per heavy atom. The van der Waals surface area contributed by atoms with E-state index >= 15 is 0 Å². The van der Waals surface area contributed by atoms with Crippen LogP contribution in [0.1, 0.15) is 18.2 Å². The van der Waals surface area contributed by atoms with E-state index in [4.69, 9.17) is 9.47 Å². The number of alkyl halides is 3. The third-order valence-electron chi connectivity index (χ3n) is 4.25. The van der Waals surface area contributed by atoms with E-state index in [1.54, 1.807) is 24.3 Å². The molecule has 3 aromatic rings. The molecule has 0 aliphatic carbocycles. The molecule has 29 heavy (non-hydrogen) atoms. The quantitative estimate of drug-likeness (QED) is 0.696. The molecule has 1 amide bonds. The molecule has 1 atom stereocenters. The molecule has 0 radical (unpaired) electrons. The number of carbonyl (C=O) groups excluding carboxylic acids is 1. The fourth-order valence-electron chi connectivity index (χ4n) is 2.89. The summed E-state index contributed by atoms with van der Waals surface area (Å²) in [5.74, 6) is -0.319. The number of fused-ring (bicyclic) bond motifs is 1. The average molecular weight is 408 g/mol. The Balaban J connectivity index is 1.87. The van der Waals surface area contributed by atoms with Gasteiger partial charge >= 0.3 is 6.18 Å². The number of ether oxygens (including phenoxy) is 2. The highest BCUT2D eigenvalue weighted by atomic mass is 19.4. The van der Waals surface area contributed by atoms with Crippen LogP contribution in [-0.4, -0.2) is 33.9 Å². The van der Waals surface area contributed by atoms with E-state index in [2.05, 4.69) is 15.4 Å². The number of aromatic nitrogens is 3. The van der Waals surface area contributed by atoms with Crippen LogP contribution in [0.2, 0.25) is 0 Å². The molecule has 0 fully saturated rings. The highest BCUT2D eigenvalue weighted by Gasteiger charge is 2.36. The number of methoxy groups -OCH3 is 1. The number of nitrogens with one attached hydrogen (secondary N) is 1. The maximum absolute atomic E-state index is 13.5. The number of aryl methyl sites for hydroxylation is 2. The number of hydrogen-bond acceptors (Lipinski definition) is 5. The van der Waals surface area contributed by atoms with Gasteiger partial charge in [-0.3, -0.25) is 9.48 Å². The van der Waals surface area contributed by atoms with Crippen molar-refractivity contribution >= 4 is 22.6 Å². The lowest BCUT2D eigenvalue weighted by Gasteiger charge is -2.16. The summed E-state index contributed by atoms with van der Waals surface area (Å²) in [6.07, 6.45) is -5.72. The second-order valence-electron chi connectivity index (χ2n) is 6.39. The lowest BCUT2D eigenvalue weighted by molar-refractivity contribution is -0.136. The summed E-state index contributed by atoms with van der Waals surface area (Å²) in [7, 11) is 2.98. The van der Waals surface area contributed by atoms with Gasteiger partial charge in [-0.25, -0.2) is 0 Å². The summed E-state index contributed by atoms with van der Waals surface area (Å²) >= 11 is 0. The first-order valence-electron chi connectivity index (χ1n) is 8.63. The molecule has 10 heteroatoms. The van der Waals surface area contributed by atoms with Crippen LogP contribution < -0.4 is 14.8 Å². The van der Waals surface area contributed by atoms with Crippen LogP contribution in [-0.2, 0) is 18.0 Å². The standard InChI is InChI=1S/C19H19F3N4O3/c1-10-16-14(19(20,21)22)9-15(24-17(16)26(3)25-10)29-11(2)18(27)23-12-6-5-7-13(8-12)28-4/h5-9,11H,1-4H3,(H,23,27). The number of halogens is 3. The zero-order valence-electron chi connectivity index (χ0n) is 16.2. The summed E-state index contributed by atoms with van der Waals surface area (Å²) in [6, 6.07) is 7.44. The summed E-state index contributed by atoms with van der Waals surface area (Å²) < 4.78 is 52.3. The molecule has 0 saturated carbocycles. The van der Waals surface area contributed by atoms with E-state index in [1.807, 2.05) is 0 Å². The smallest absolute Gasteiger partial charge is 0.417 e. The van der Waals surface area contributed by atoms with Gasteiger partial charge in [0.15, 0.2) is 11.8 Å². The molecular formula is C19H19F3N4O3. The summed E-state index contributed by atoms with van der Waals surface area (Å²) in [5.41, 5.74) is -0.222. The van der Waals surface area contributed by atoms with Crippen molar-refractivity contribution in [1.29, 1.82) is 0 Å². The first kappa shape index (κ1) is 20.4. The zero-order chi connectivity index (χ0) is 21.3. The minimum absolute atomic E-state index is 0.0210. The topological polar surface area (TPSA) is 78.3 Å². The van der Waals surface area contributed by atoms with Gasteiger partial charge < -0.3 is 14.8 Å². The van der Waals surface area contributed by atoms with Crippen LogP contribution in [0.15, 0.2) is 30.3 Å². The van der Waals surface area contributed by atoms with Gasteiger partial charge in [0.05, 0.1) is 23.8 Å². The Morgan fingerprint density at radius 3 is 2.66 bits per heavy atom. The Hall–Kier alpha value is -3.30. The van der Waals surface area contributed by atoms with E-state index in [0.29, 0.717) is 11.4 Å². The van der Waals surface area contributed by atoms with Crippen molar-refractivity contribution in [3.63, 3.8) is 0 Å². The van der Waals surface area contributed by atoms with Crippen LogP contribution >= 0.6 is 0 Å². The SMILES string of the molecule is COc1cccc(NC(=O)C(C)Oc2cc(C(F)(F)F)c3c(C)nn(C)c3n2)c1. The molecule has 0 bridgehead atoms. The molecule has 0 spiro atoms. The van der Waals surface area contributed by atoms with Crippen LogP contribution in [0.5, 0.6) is 11.6 Å². The van der Waals surface area contributed by atoms with E-state index in [0.717, 1.165) is 6.07 Å². The predicted molar refractivity (Wildman–Crippen MR) is 100.0 cm³/mol. The molecule has 2 aromatic heterocycles. The molecule has 1 unspecified atom stereocenters. The van der Waals surface area contributed by atoms with Crippen molar-refractivity contribution in [2.24, 2.45) is 7.05 Å². The molecule has 0 saturated heterocycles. The Morgan fingerprint density at radius 2 is 2.00 bits per heavy atom. The minimum Gasteiger partial charge on any atom is -0.497 e. The lowest BCUT2D eigenvalue weighted by atomic mass is 10.1. The molecular weight excluding hydrogens is 389 g/mol. The molecule has 154 valence electrons.